The van der Waals surface area contributed by atoms with Gasteiger partial charge in [0, 0.05) is 23.2 Å². The van der Waals surface area contributed by atoms with Crippen LogP contribution in [0.5, 0.6) is 0 Å². The second-order valence-electron chi connectivity index (χ2n) is 9.90. The summed E-state index contributed by atoms with van der Waals surface area (Å²) in [6, 6.07) is 36.2. The van der Waals surface area contributed by atoms with Gasteiger partial charge in [0.05, 0.1) is 16.3 Å². The normalized spacial score (nSPS) is 15.1. The molecule has 5 aromatic carbocycles. The van der Waals surface area contributed by atoms with Gasteiger partial charge in [-0.15, -0.1) is 11.8 Å². The van der Waals surface area contributed by atoms with Crippen LogP contribution in [0.15, 0.2) is 126 Å². The van der Waals surface area contributed by atoms with E-state index in [4.69, 9.17) is 0 Å². The first-order valence-corrected chi connectivity index (χ1v) is 15.9. The number of rotatable bonds is 8. The second kappa shape index (κ2) is 11.7. The fourth-order valence-corrected chi connectivity index (χ4v) is 7.19. The average Bonchev–Trinajstić information content (AvgIpc) is 3.37. The first-order chi connectivity index (χ1) is 20.4. The van der Waals surface area contributed by atoms with E-state index in [2.05, 4.69) is 10.0 Å². The molecule has 210 valence electrons. The number of carbonyl (C=O) groups is 2. The van der Waals surface area contributed by atoms with Gasteiger partial charge in [-0.1, -0.05) is 78.9 Å². The Kier molecular flexibility index (Phi) is 7.69. The molecule has 0 bridgehead atoms. The molecule has 1 aliphatic rings. The molecule has 7 nitrogen and oxygen atoms in total. The minimum atomic E-state index is -3.84. The number of hydrogen-bond acceptors (Lipinski definition) is 5. The van der Waals surface area contributed by atoms with Crippen LogP contribution in [0.3, 0.4) is 0 Å². The molecule has 1 heterocycles. The van der Waals surface area contributed by atoms with Crippen molar-refractivity contribution < 1.29 is 18.0 Å². The number of nitrogens with one attached hydrogen (secondary N) is 2. The van der Waals surface area contributed by atoms with Gasteiger partial charge in [0.2, 0.25) is 5.91 Å². The van der Waals surface area contributed by atoms with Crippen molar-refractivity contribution in [3.63, 3.8) is 0 Å². The van der Waals surface area contributed by atoms with Gasteiger partial charge in [-0.25, -0.2) is 8.42 Å². The van der Waals surface area contributed by atoms with Gasteiger partial charge >= 0.3 is 0 Å². The number of sulfonamides is 1. The number of amides is 2. The molecule has 2 amide bonds. The van der Waals surface area contributed by atoms with Crippen LogP contribution in [0.1, 0.15) is 26.9 Å². The molecular weight excluding hydrogens is 567 g/mol. The van der Waals surface area contributed by atoms with Gasteiger partial charge in [0.25, 0.3) is 15.9 Å². The Labute approximate surface area is 248 Å². The van der Waals surface area contributed by atoms with E-state index < -0.39 is 10.0 Å². The van der Waals surface area contributed by atoms with Crippen molar-refractivity contribution in [3.8, 4) is 0 Å². The summed E-state index contributed by atoms with van der Waals surface area (Å²) < 4.78 is 28.8. The van der Waals surface area contributed by atoms with E-state index in [9.17, 15) is 18.0 Å². The summed E-state index contributed by atoms with van der Waals surface area (Å²) in [5.41, 5.74) is 3.44. The Morgan fingerprint density at radius 3 is 2.26 bits per heavy atom. The van der Waals surface area contributed by atoms with E-state index in [0.29, 0.717) is 29.2 Å². The van der Waals surface area contributed by atoms with E-state index in [1.54, 1.807) is 48.2 Å². The van der Waals surface area contributed by atoms with Crippen LogP contribution in [0.4, 0.5) is 11.4 Å². The summed E-state index contributed by atoms with van der Waals surface area (Å²) in [5.74, 6) is 0.193. The van der Waals surface area contributed by atoms with Crippen LogP contribution in [0.25, 0.3) is 10.8 Å². The molecule has 1 atom stereocenters. The Morgan fingerprint density at radius 1 is 0.810 bits per heavy atom. The van der Waals surface area contributed by atoms with Crippen molar-refractivity contribution >= 4 is 55.7 Å². The third-order valence-corrected chi connectivity index (χ3v) is 9.72. The first kappa shape index (κ1) is 27.6. The van der Waals surface area contributed by atoms with Crippen LogP contribution < -0.4 is 10.0 Å². The van der Waals surface area contributed by atoms with Crippen LogP contribution in [0, 0.1) is 0 Å². The van der Waals surface area contributed by atoms with Crippen molar-refractivity contribution in [2.45, 2.75) is 16.8 Å². The predicted octanol–water partition coefficient (Wildman–Crippen LogP) is 6.67. The third kappa shape index (κ3) is 5.88. The molecule has 0 aromatic heterocycles. The van der Waals surface area contributed by atoms with Gasteiger partial charge in [-0.05, 0) is 59.0 Å². The molecule has 6 rings (SSSR count). The van der Waals surface area contributed by atoms with Crippen LogP contribution in [0.2, 0.25) is 0 Å². The minimum Gasteiger partial charge on any atom is -0.322 e. The lowest BCUT2D eigenvalue weighted by atomic mass is 10.1. The number of fused-ring (bicyclic) bond motifs is 1. The zero-order valence-corrected chi connectivity index (χ0v) is 24.1. The molecular formula is C33H27N3O4S2. The van der Waals surface area contributed by atoms with Crippen molar-refractivity contribution in [1.29, 1.82) is 0 Å². The topological polar surface area (TPSA) is 95.6 Å². The molecule has 2 N–H and O–H groups in total. The van der Waals surface area contributed by atoms with Crippen molar-refractivity contribution in [2.24, 2.45) is 0 Å². The van der Waals surface area contributed by atoms with Gasteiger partial charge in [0.1, 0.15) is 5.37 Å². The molecule has 0 saturated carbocycles. The summed E-state index contributed by atoms with van der Waals surface area (Å²) >= 11 is 1.57. The molecule has 1 aliphatic heterocycles. The fourth-order valence-electron chi connectivity index (χ4n) is 4.92. The monoisotopic (exact) mass is 593 g/mol. The minimum absolute atomic E-state index is 0.0847. The van der Waals surface area contributed by atoms with Crippen LogP contribution in [-0.4, -0.2) is 30.9 Å². The second-order valence-corrected chi connectivity index (χ2v) is 12.7. The molecule has 0 radical (unpaired) electrons. The molecule has 1 fully saturated rings. The molecule has 0 aliphatic carbocycles. The van der Waals surface area contributed by atoms with Crippen molar-refractivity contribution in [1.82, 2.24) is 4.90 Å². The molecule has 5 aromatic rings. The predicted molar refractivity (Wildman–Crippen MR) is 168 cm³/mol. The Morgan fingerprint density at radius 2 is 1.50 bits per heavy atom. The van der Waals surface area contributed by atoms with Crippen molar-refractivity contribution in [2.75, 3.05) is 15.8 Å². The van der Waals surface area contributed by atoms with Crippen molar-refractivity contribution in [3.05, 3.63) is 138 Å². The first-order valence-electron chi connectivity index (χ1n) is 13.3. The standard InChI is InChI=1S/C33H27N3O4S2/c37-31-22-41-33(36(31)21-23-7-2-1-3-8-23)26-15-13-25(14-16-26)32(38)34-27-17-19-28(20-18-27)42(39,40)35-30-12-6-10-24-9-4-5-11-29(24)30/h1-20,33,35H,21-22H2,(H,34,38)/t33-/m0/s1. The molecule has 0 unspecified atom stereocenters. The van der Waals surface area contributed by atoms with E-state index in [1.807, 2.05) is 77.7 Å². The largest absolute Gasteiger partial charge is 0.322 e. The number of carbonyl (C=O) groups excluding carboxylic acids is 2. The lowest BCUT2D eigenvalue weighted by molar-refractivity contribution is -0.128. The maximum atomic E-state index is 13.1. The number of nitrogens with zero attached hydrogens (tertiary/aromatic N) is 1. The Hall–Kier alpha value is -4.60. The summed E-state index contributed by atoms with van der Waals surface area (Å²) in [7, 11) is -3.84. The Balaban J connectivity index is 1.11. The summed E-state index contributed by atoms with van der Waals surface area (Å²) in [5, 5.41) is 4.45. The van der Waals surface area contributed by atoms with Gasteiger partial charge in [-0.3, -0.25) is 14.3 Å². The van der Waals surface area contributed by atoms with Gasteiger partial charge in [0.15, 0.2) is 0 Å². The summed E-state index contributed by atoms with van der Waals surface area (Å²) in [4.78, 5) is 27.5. The highest BCUT2D eigenvalue weighted by molar-refractivity contribution is 8.00. The van der Waals surface area contributed by atoms with E-state index >= 15 is 0 Å². The number of benzene rings is 5. The van der Waals surface area contributed by atoms with Gasteiger partial charge in [-0.2, -0.15) is 0 Å². The van der Waals surface area contributed by atoms with E-state index in [1.165, 1.54) is 12.1 Å². The smallest absolute Gasteiger partial charge is 0.261 e. The number of thioether (sulfide) groups is 1. The highest BCUT2D eigenvalue weighted by Crippen LogP contribution is 2.39. The molecule has 0 spiro atoms. The maximum absolute atomic E-state index is 13.1. The highest BCUT2D eigenvalue weighted by Gasteiger charge is 2.32. The molecule has 42 heavy (non-hydrogen) atoms. The third-order valence-electron chi connectivity index (χ3n) is 7.08. The quantitative estimate of drug-likeness (QED) is 0.210. The highest BCUT2D eigenvalue weighted by atomic mass is 32.2. The number of hydrogen-bond donors (Lipinski definition) is 2. The molecule has 9 heteroatoms. The van der Waals surface area contributed by atoms with E-state index in [-0.39, 0.29) is 22.1 Å². The summed E-state index contributed by atoms with van der Waals surface area (Å²) in [6.07, 6.45) is 0. The number of anilines is 2. The SMILES string of the molecule is O=C(Nc1ccc(S(=O)(=O)Nc2cccc3ccccc23)cc1)c1ccc([C@@H]2SCC(=O)N2Cc2ccccc2)cc1. The zero-order chi connectivity index (χ0) is 29.1. The lowest BCUT2D eigenvalue weighted by Crippen LogP contribution is -2.27. The van der Waals surface area contributed by atoms with Crippen LogP contribution in [-0.2, 0) is 21.4 Å². The van der Waals surface area contributed by atoms with Gasteiger partial charge < -0.3 is 10.2 Å². The Bertz CT molecular complexity index is 1850. The maximum Gasteiger partial charge on any atom is 0.261 e. The zero-order valence-electron chi connectivity index (χ0n) is 22.4. The fraction of sp³-hybridized carbons (Fsp3) is 0.0909. The van der Waals surface area contributed by atoms with Crippen LogP contribution >= 0.6 is 11.8 Å². The average molecular weight is 594 g/mol. The summed E-state index contributed by atoms with van der Waals surface area (Å²) in [6.45, 7) is 0.531. The lowest BCUT2D eigenvalue weighted by Gasteiger charge is -2.24. The van der Waals surface area contributed by atoms with E-state index in [0.717, 1.165) is 21.9 Å². The molecule has 1 saturated heterocycles.